The normalized spacial score (nSPS) is 10.5. The highest BCUT2D eigenvalue weighted by Crippen LogP contribution is 2.25. The zero-order valence-corrected chi connectivity index (χ0v) is 12.9. The van der Waals surface area contributed by atoms with E-state index in [1.165, 1.54) is 7.11 Å². The van der Waals surface area contributed by atoms with Crippen molar-refractivity contribution >= 4 is 16.7 Å². The molecule has 0 N–H and O–H groups in total. The molecule has 0 amide bonds. The Balaban J connectivity index is 1.64. The first-order chi connectivity index (χ1) is 11.3. The molecule has 0 fully saturated rings. The summed E-state index contributed by atoms with van der Waals surface area (Å²) in [5.41, 5.74) is 1.32. The Labute approximate surface area is 134 Å². The van der Waals surface area contributed by atoms with Crippen molar-refractivity contribution in [3.05, 3.63) is 72.1 Å². The highest BCUT2D eigenvalue weighted by Gasteiger charge is 2.06. The van der Waals surface area contributed by atoms with Crippen LogP contribution in [0, 0.1) is 0 Å². The summed E-state index contributed by atoms with van der Waals surface area (Å²) in [5, 5.41) is 2.27. The predicted molar refractivity (Wildman–Crippen MR) is 88.7 cm³/mol. The third-order valence-corrected chi connectivity index (χ3v) is 3.62. The Bertz CT molecular complexity index is 807. The number of hydrogen-bond acceptors (Lipinski definition) is 4. The number of pyridine rings is 1. The van der Waals surface area contributed by atoms with Gasteiger partial charge in [0.25, 0.3) is 0 Å². The van der Waals surface area contributed by atoms with E-state index in [9.17, 15) is 4.79 Å². The van der Waals surface area contributed by atoms with Crippen LogP contribution in [0.3, 0.4) is 0 Å². The number of fused-ring (bicyclic) bond motifs is 1. The van der Waals surface area contributed by atoms with E-state index in [-0.39, 0.29) is 0 Å². The van der Waals surface area contributed by atoms with Crippen LogP contribution in [0.2, 0.25) is 0 Å². The van der Waals surface area contributed by atoms with E-state index >= 15 is 0 Å². The monoisotopic (exact) mass is 307 g/mol. The van der Waals surface area contributed by atoms with Crippen molar-refractivity contribution in [2.75, 3.05) is 13.7 Å². The summed E-state index contributed by atoms with van der Waals surface area (Å²) in [6.45, 7) is 0.549. The molecule has 0 radical (unpaired) electrons. The number of esters is 1. The van der Waals surface area contributed by atoms with Crippen molar-refractivity contribution in [1.82, 2.24) is 4.98 Å². The minimum Gasteiger partial charge on any atom is -0.493 e. The average Bonchev–Trinajstić information content (AvgIpc) is 2.62. The van der Waals surface area contributed by atoms with Crippen LogP contribution in [-0.2, 0) is 11.2 Å². The number of hydrogen-bond donors (Lipinski definition) is 0. The number of aromatic nitrogens is 1. The van der Waals surface area contributed by atoms with E-state index in [1.807, 2.05) is 30.3 Å². The van der Waals surface area contributed by atoms with Gasteiger partial charge in [0.2, 0.25) is 0 Å². The maximum absolute atomic E-state index is 11.3. The van der Waals surface area contributed by atoms with E-state index in [2.05, 4.69) is 27.9 Å². The summed E-state index contributed by atoms with van der Waals surface area (Å²) < 4.78 is 10.5. The number of rotatable bonds is 5. The fourth-order valence-electron chi connectivity index (χ4n) is 2.40. The second-order valence-corrected chi connectivity index (χ2v) is 5.12. The maximum atomic E-state index is 11.3. The van der Waals surface area contributed by atoms with E-state index in [1.54, 1.807) is 12.3 Å². The maximum Gasteiger partial charge on any atom is 0.356 e. The predicted octanol–water partition coefficient (Wildman–Crippen LogP) is 3.64. The Kier molecular flexibility index (Phi) is 4.52. The van der Waals surface area contributed by atoms with Crippen LogP contribution in [0.15, 0.2) is 60.8 Å². The minimum absolute atomic E-state index is 0.311. The van der Waals surface area contributed by atoms with Gasteiger partial charge in [-0.15, -0.1) is 0 Å². The Morgan fingerprint density at radius 2 is 1.87 bits per heavy atom. The number of benzene rings is 2. The van der Waals surface area contributed by atoms with Gasteiger partial charge in [-0.05, 0) is 23.1 Å². The van der Waals surface area contributed by atoms with Gasteiger partial charge in [0.1, 0.15) is 11.4 Å². The highest BCUT2D eigenvalue weighted by atomic mass is 16.5. The number of carbonyl (C=O) groups excluding carboxylic acids is 1. The summed E-state index contributed by atoms with van der Waals surface area (Å²) in [6, 6.07) is 17.7. The van der Waals surface area contributed by atoms with Crippen molar-refractivity contribution in [3.8, 4) is 5.75 Å². The minimum atomic E-state index is -0.427. The van der Waals surface area contributed by atoms with Gasteiger partial charge in [0, 0.05) is 18.0 Å². The van der Waals surface area contributed by atoms with E-state index in [4.69, 9.17) is 4.74 Å². The molecular formula is C19H17NO3. The van der Waals surface area contributed by atoms with Gasteiger partial charge < -0.3 is 9.47 Å². The van der Waals surface area contributed by atoms with Crippen LogP contribution >= 0.6 is 0 Å². The molecule has 0 saturated heterocycles. The average molecular weight is 307 g/mol. The molecule has 0 unspecified atom stereocenters. The molecule has 23 heavy (non-hydrogen) atoms. The second-order valence-electron chi connectivity index (χ2n) is 5.12. The molecule has 4 heteroatoms. The van der Waals surface area contributed by atoms with Gasteiger partial charge in [-0.2, -0.15) is 0 Å². The third-order valence-electron chi connectivity index (χ3n) is 3.62. The molecule has 0 aliphatic rings. The number of carbonyl (C=O) groups is 1. The van der Waals surface area contributed by atoms with Gasteiger partial charge in [0.05, 0.1) is 13.7 Å². The largest absolute Gasteiger partial charge is 0.493 e. The molecule has 0 spiro atoms. The third kappa shape index (κ3) is 3.48. The number of methoxy groups -OCH3 is 1. The number of nitrogens with zero attached hydrogens (tertiary/aromatic N) is 1. The van der Waals surface area contributed by atoms with Crippen molar-refractivity contribution in [3.63, 3.8) is 0 Å². The van der Waals surface area contributed by atoms with Gasteiger partial charge in [-0.1, -0.05) is 42.5 Å². The molecule has 1 aromatic heterocycles. The molecular weight excluding hydrogens is 290 g/mol. The summed E-state index contributed by atoms with van der Waals surface area (Å²) in [7, 11) is 1.34. The second kappa shape index (κ2) is 6.92. The number of ether oxygens (including phenoxy) is 2. The van der Waals surface area contributed by atoms with Gasteiger partial charge in [-0.3, -0.25) is 0 Å². The van der Waals surface area contributed by atoms with Crippen molar-refractivity contribution < 1.29 is 14.3 Å². The Morgan fingerprint density at radius 3 is 2.65 bits per heavy atom. The lowest BCUT2D eigenvalue weighted by Gasteiger charge is -2.09. The van der Waals surface area contributed by atoms with Gasteiger partial charge in [0.15, 0.2) is 0 Å². The zero-order valence-electron chi connectivity index (χ0n) is 12.9. The summed E-state index contributed by atoms with van der Waals surface area (Å²) in [4.78, 5) is 15.4. The lowest BCUT2D eigenvalue weighted by Crippen LogP contribution is -2.06. The van der Waals surface area contributed by atoms with Crippen LogP contribution in [-0.4, -0.2) is 24.7 Å². The quantitative estimate of drug-likeness (QED) is 0.675. The van der Waals surface area contributed by atoms with E-state index in [0.29, 0.717) is 12.3 Å². The van der Waals surface area contributed by atoms with Crippen LogP contribution in [0.25, 0.3) is 10.8 Å². The van der Waals surface area contributed by atoms with Gasteiger partial charge in [-0.25, -0.2) is 9.78 Å². The first kappa shape index (κ1) is 15.0. The zero-order chi connectivity index (χ0) is 16.1. The van der Waals surface area contributed by atoms with Crippen LogP contribution in [0.1, 0.15) is 16.1 Å². The lowest BCUT2D eigenvalue weighted by atomic mass is 10.1. The standard InChI is InChI=1S/C19H17NO3/c1-22-19(21)17-10-9-14(13-20-17)11-12-23-18-8-4-6-15-5-2-3-7-16(15)18/h2-10,13H,11-12H2,1H3. The topological polar surface area (TPSA) is 48.4 Å². The Hall–Kier alpha value is -2.88. The lowest BCUT2D eigenvalue weighted by molar-refractivity contribution is 0.0594. The summed E-state index contributed by atoms with van der Waals surface area (Å²) in [5.74, 6) is 0.450. The van der Waals surface area contributed by atoms with Crippen molar-refractivity contribution in [2.24, 2.45) is 0 Å². The molecule has 0 bridgehead atoms. The molecule has 4 nitrogen and oxygen atoms in total. The van der Waals surface area contributed by atoms with Crippen LogP contribution < -0.4 is 4.74 Å². The fourth-order valence-corrected chi connectivity index (χ4v) is 2.40. The highest BCUT2D eigenvalue weighted by molar-refractivity contribution is 5.88. The molecule has 3 rings (SSSR count). The SMILES string of the molecule is COC(=O)c1ccc(CCOc2cccc3ccccc23)cn1. The van der Waals surface area contributed by atoms with E-state index < -0.39 is 5.97 Å². The molecule has 0 aliphatic carbocycles. The Morgan fingerprint density at radius 1 is 1.04 bits per heavy atom. The molecule has 0 aliphatic heterocycles. The molecule has 116 valence electrons. The molecule has 2 aromatic carbocycles. The first-order valence-corrected chi connectivity index (χ1v) is 7.42. The fraction of sp³-hybridized carbons (Fsp3) is 0.158. The molecule has 0 atom stereocenters. The van der Waals surface area contributed by atoms with Crippen LogP contribution in [0.4, 0.5) is 0 Å². The van der Waals surface area contributed by atoms with Crippen molar-refractivity contribution in [2.45, 2.75) is 6.42 Å². The molecule has 0 saturated carbocycles. The van der Waals surface area contributed by atoms with Gasteiger partial charge >= 0.3 is 5.97 Å². The first-order valence-electron chi connectivity index (χ1n) is 7.42. The van der Waals surface area contributed by atoms with Crippen molar-refractivity contribution in [1.29, 1.82) is 0 Å². The van der Waals surface area contributed by atoms with E-state index in [0.717, 1.165) is 28.5 Å². The summed E-state index contributed by atoms with van der Waals surface area (Å²) in [6.07, 6.45) is 2.40. The molecule has 1 heterocycles. The van der Waals surface area contributed by atoms with Crippen LogP contribution in [0.5, 0.6) is 5.75 Å². The molecule has 3 aromatic rings. The smallest absolute Gasteiger partial charge is 0.356 e. The summed E-state index contributed by atoms with van der Waals surface area (Å²) >= 11 is 0.